The maximum Gasteiger partial charge on any atom is 0.537 e. The Balaban J connectivity index is 3.15. The van der Waals surface area contributed by atoms with E-state index in [1.807, 2.05) is 0 Å². The summed E-state index contributed by atoms with van der Waals surface area (Å²) in [6.45, 7) is 10.4. The van der Waals surface area contributed by atoms with E-state index >= 15 is 0 Å². The van der Waals surface area contributed by atoms with Gasteiger partial charge in [0.1, 0.15) is 0 Å². The van der Waals surface area contributed by atoms with Crippen molar-refractivity contribution in [3.05, 3.63) is 27.3 Å². The molecule has 1 aromatic rings. The molecule has 0 atom stereocenters. The zero-order valence-corrected chi connectivity index (χ0v) is 16.7. The highest BCUT2D eigenvalue weighted by Gasteiger charge is 2.44. The van der Waals surface area contributed by atoms with Crippen LogP contribution in [0.3, 0.4) is 0 Å². The smallest absolute Gasteiger partial charge is 0.370 e. The summed E-state index contributed by atoms with van der Waals surface area (Å²) in [7, 11) is -2.80. The van der Waals surface area contributed by atoms with Crippen molar-refractivity contribution < 1.29 is 13.3 Å². The van der Waals surface area contributed by atoms with Crippen LogP contribution in [-0.2, 0) is 13.3 Å². The third-order valence-electron chi connectivity index (χ3n) is 2.88. The summed E-state index contributed by atoms with van der Waals surface area (Å²) in [6, 6.07) is 6.44. The molecule has 0 saturated heterocycles. The highest BCUT2D eigenvalue weighted by atomic mass is 127. The van der Waals surface area contributed by atoms with Gasteiger partial charge in [-0.3, -0.25) is 0 Å². The Morgan fingerprint density at radius 3 is 1.71 bits per heavy atom. The molecule has 0 radical (unpaired) electrons. The lowest BCUT2D eigenvalue weighted by Crippen LogP contribution is -2.57. The molecule has 120 valence electrons. The fourth-order valence-corrected chi connectivity index (χ4v) is 6.02. The van der Waals surface area contributed by atoms with Gasteiger partial charge in [-0.15, -0.1) is 0 Å². The van der Waals surface area contributed by atoms with Crippen LogP contribution in [0.25, 0.3) is 0 Å². The van der Waals surface area contributed by atoms with Gasteiger partial charge in [-0.1, -0.05) is 26.8 Å². The largest absolute Gasteiger partial charge is 0.537 e. The van der Waals surface area contributed by atoms with Gasteiger partial charge in [-0.05, 0) is 66.5 Å². The second kappa shape index (κ2) is 9.94. The van der Waals surface area contributed by atoms with E-state index < -0.39 is 8.80 Å². The first kappa shape index (κ1) is 19.1. The van der Waals surface area contributed by atoms with Gasteiger partial charge in [0, 0.05) is 28.6 Å². The molecule has 21 heavy (non-hydrogen) atoms. The Kier molecular flexibility index (Phi) is 9.04. The molecule has 0 bridgehead atoms. The average Bonchev–Trinajstić information content (AvgIpc) is 2.46. The molecule has 0 aliphatic carbocycles. The van der Waals surface area contributed by atoms with Gasteiger partial charge < -0.3 is 13.3 Å². The van der Waals surface area contributed by atoms with Gasteiger partial charge in [0.05, 0.1) is 0 Å². The monoisotopic (exact) mass is 422 g/mol. The highest BCUT2D eigenvalue weighted by Crippen LogP contribution is 2.16. The van der Waals surface area contributed by atoms with Gasteiger partial charge in [-0.2, -0.15) is 0 Å². The minimum Gasteiger partial charge on any atom is -0.370 e. The summed E-state index contributed by atoms with van der Waals surface area (Å²) in [5.74, 6) is 0. The minimum absolute atomic E-state index is 0.671. The van der Waals surface area contributed by atoms with Crippen molar-refractivity contribution in [2.45, 2.75) is 47.0 Å². The molecule has 0 N–H and O–H groups in total. The molecular weight excluding hydrogens is 395 g/mol. The molecule has 0 spiro atoms. The lowest BCUT2D eigenvalue weighted by atomic mass is 10.2. The molecule has 0 unspecified atom stereocenters. The Morgan fingerprint density at radius 1 is 0.857 bits per heavy atom. The van der Waals surface area contributed by atoms with E-state index in [0.29, 0.717) is 19.8 Å². The van der Waals surface area contributed by atoms with Crippen molar-refractivity contribution in [3.63, 3.8) is 0 Å². The van der Waals surface area contributed by atoms with Crippen LogP contribution in [0.2, 0.25) is 0 Å². The Hall–Kier alpha value is 0.0469. The van der Waals surface area contributed by atoms with Crippen molar-refractivity contribution in [2.75, 3.05) is 19.8 Å². The quantitative estimate of drug-likeness (QED) is 0.421. The van der Waals surface area contributed by atoms with Crippen LogP contribution in [0, 0.1) is 10.5 Å². The minimum atomic E-state index is -2.80. The molecule has 0 saturated carbocycles. The van der Waals surface area contributed by atoms with Crippen molar-refractivity contribution in [2.24, 2.45) is 0 Å². The normalized spacial score (nSPS) is 11.9. The van der Waals surface area contributed by atoms with Crippen LogP contribution in [0.4, 0.5) is 0 Å². The first-order chi connectivity index (χ1) is 10.1. The van der Waals surface area contributed by atoms with Gasteiger partial charge >= 0.3 is 8.80 Å². The second-order valence-electron chi connectivity index (χ2n) is 5.12. The van der Waals surface area contributed by atoms with Crippen LogP contribution >= 0.6 is 22.6 Å². The standard InChI is InChI=1S/C16H27IO3Si/c1-5-8-18-21(19-9-6-2,20-10-7-3)16-12-14(4)11-15(17)13-16/h11-13H,5-10H2,1-4H3. The van der Waals surface area contributed by atoms with Crippen LogP contribution in [0.1, 0.15) is 45.6 Å². The van der Waals surface area contributed by atoms with Crippen molar-refractivity contribution in [1.82, 2.24) is 0 Å². The molecule has 1 rings (SSSR count). The van der Waals surface area contributed by atoms with Gasteiger partial charge in [0.15, 0.2) is 0 Å². The Morgan fingerprint density at radius 2 is 1.33 bits per heavy atom. The van der Waals surface area contributed by atoms with Gasteiger partial charge in [0.25, 0.3) is 0 Å². The highest BCUT2D eigenvalue weighted by molar-refractivity contribution is 14.1. The SMILES string of the molecule is CCCO[Si](OCCC)(OCCC)c1cc(C)cc(I)c1. The lowest BCUT2D eigenvalue weighted by Gasteiger charge is -2.30. The van der Waals surface area contributed by atoms with Gasteiger partial charge in [-0.25, -0.2) is 0 Å². The molecule has 0 aliphatic heterocycles. The van der Waals surface area contributed by atoms with Crippen LogP contribution < -0.4 is 5.19 Å². The van der Waals surface area contributed by atoms with Crippen molar-refractivity contribution in [3.8, 4) is 0 Å². The molecule has 5 heteroatoms. The molecule has 1 aromatic carbocycles. The number of rotatable bonds is 10. The number of benzene rings is 1. The lowest BCUT2D eigenvalue weighted by molar-refractivity contribution is 0.0731. The van der Waals surface area contributed by atoms with Crippen molar-refractivity contribution in [1.29, 1.82) is 0 Å². The molecule has 0 aliphatic rings. The first-order valence-corrected chi connectivity index (χ1v) is 10.6. The van der Waals surface area contributed by atoms with E-state index in [2.05, 4.69) is 68.5 Å². The summed E-state index contributed by atoms with van der Waals surface area (Å²) in [6.07, 6.45) is 2.88. The van der Waals surface area contributed by atoms with Crippen LogP contribution in [-0.4, -0.2) is 28.6 Å². The van der Waals surface area contributed by atoms with E-state index in [1.165, 1.54) is 9.13 Å². The van der Waals surface area contributed by atoms with Crippen molar-refractivity contribution >= 4 is 36.6 Å². The number of aryl methyl sites for hydroxylation is 1. The van der Waals surface area contributed by atoms with Gasteiger partial charge in [0.2, 0.25) is 0 Å². The molecule has 0 amide bonds. The zero-order valence-electron chi connectivity index (χ0n) is 13.6. The topological polar surface area (TPSA) is 27.7 Å². The number of hydrogen-bond acceptors (Lipinski definition) is 3. The maximum atomic E-state index is 6.17. The molecule has 3 nitrogen and oxygen atoms in total. The zero-order chi connectivity index (χ0) is 15.7. The predicted octanol–water partition coefficient (Wildman–Crippen LogP) is 4.03. The van der Waals surface area contributed by atoms with Crippen LogP contribution in [0.5, 0.6) is 0 Å². The summed E-state index contributed by atoms with van der Waals surface area (Å²) in [5, 5.41) is 1.09. The fourth-order valence-electron chi connectivity index (χ4n) is 2.00. The molecule has 0 aromatic heterocycles. The summed E-state index contributed by atoms with van der Waals surface area (Å²) >= 11 is 2.34. The number of hydrogen-bond donors (Lipinski definition) is 0. The summed E-state index contributed by atoms with van der Waals surface area (Å²) in [4.78, 5) is 0. The van der Waals surface area contributed by atoms with E-state index in [4.69, 9.17) is 13.3 Å². The Labute approximate surface area is 143 Å². The second-order valence-corrected chi connectivity index (χ2v) is 8.92. The number of halogens is 1. The van der Waals surface area contributed by atoms with E-state index in [1.54, 1.807) is 0 Å². The Bertz CT molecular complexity index is 384. The molecule has 0 heterocycles. The maximum absolute atomic E-state index is 6.17. The first-order valence-electron chi connectivity index (χ1n) is 7.77. The van der Waals surface area contributed by atoms with Crippen LogP contribution in [0.15, 0.2) is 18.2 Å². The predicted molar refractivity (Wildman–Crippen MR) is 98.0 cm³/mol. The molecular formula is C16H27IO3Si. The average molecular weight is 422 g/mol. The fraction of sp³-hybridized carbons (Fsp3) is 0.625. The van der Waals surface area contributed by atoms with E-state index in [9.17, 15) is 0 Å². The van der Waals surface area contributed by atoms with E-state index in [-0.39, 0.29) is 0 Å². The third kappa shape index (κ3) is 5.98. The molecule has 0 fully saturated rings. The summed E-state index contributed by atoms with van der Waals surface area (Å²) in [5.41, 5.74) is 1.22. The van der Waals surface area contributed by atoms with E-state index in [0.717, 1.165) is 24.4 Å². The third-order valence-corrected chi connectivity index (χ3v) is 6.26. The summed E-state index contributed by atoms with van der Waals surface area (Å²) < 4.78 is 19.7.